The van der Waals surface area contributed by atoms with Gasteiger partial charge in [0, 0.05) is 18.2 Å². The molecule has 0 saturated heterocycles. The van der Waals surface area contributed by atoms with Gasteiger partial charge in [-0.1, -0.05) is 6.07 Å². The van der Waals surface area contributed by atoms with Crippen LogP contribution in [0.4, 0.5) is 8.78 Å². The van der Waals surface area contributed by atoms with Gasteiger partial charge in [0.1, 0.15) is 11.6 Å². The summed E-state index contributed by atoms with van der Waals surface area (Å²) in [6.07, 6.45) is 0.117. The number of hydrogen-bond donors (Lipinski definition) is 1. The Bertz CT molecular complexity index is 359. The van der Waals surface area contributed by atoms with Gasteiger partial charge in [0.15, 0.2) is 0 Å². The van der Waals surface area contributed by atoms with Crippen LogP contribution in [0.25, 0.3) is 0 Å². The zero-order chi connectivity index (χ0) is 13.1. The van der Waals surface area contributed by atoms with E-state index in [2.05, 4.69) is 0 Å². The molecule has 17 heavy (non-hydrogen) atoms. The minimum absolute atomic E-state index is 0.0211. The summed E-state index contributed by atoms with van der Waals surface area (Å²) in [6.45, 7) is 6.01. The monoisotopic (exact) mass is 243 g/mol. The van der Waals surface area contributed by atoms with Crippen molar-refractivity contribution in [3.8, 4) is 0 Å². The summed E-state index contributed by atoms with van der Waals surface area (Å²) in [7, 11) is 0. The topological polar surface area (TPSA) is 35.2 Å². The summed E-state index contributed by atoms with van der Waals surface area (Å²) >= 11 is 0. The third-order valence-electron chi connectivity index (χ3n) is 2.90. The second-order valence-corrected chi connectivity index (χ2v) is 4.55. The summed E-state index contributed by atoms with van der Waals surface area (Å²) in [4.78, 5) is 0. The summed E-state index contributed by atoms with van der Waals surface area (Å²) in [5.74, 6) is -1.12. The third-order valence-corrected chi connectivity index (χ3v) is 2.90. The number of ether oxygens (including phenoxy) is 1. The second kappa shape index (κ2) is 5.56. The van der Waals surface area contributed by atoms with Gasteiger partial charge in [0.25, 0.3) is 0 Å². The third kappa shape index (κ3) is 3.48. The lowest BCUT2D eigenvalue weighted by molar-refractivity contribution is -0.0290. The van der Waals surface area contributed by atoms with Crippen LogP contribution in [0.3, 0.4) is 0 Å². The maximum absolute atomic E-state index is 13.4. The summed E-state index contributed by atoms with van der Waals surface area (Å²) in [5.41, 5.74) is 5.36. The molecule has 1 rings (SSSR count). The molecular weight excluding hydrogens is 224 g/mol. The summed E-state index contributed by atoms with van der Waals surface area (Å²) < 4.78 is 32.4. The molecule has 0 bridgehead atoms. The molecule has 2 nitrogen and oxygen atoms in total. The predicted octanol–water partition coefficient (Wildman–Crippen LogP) is 2.65. The summed E-state index contributed by atoms with van der Waals surface area (Å²) in [5, 5.41) is 0. The average molecular weight is 243 g/mol. The first-order chi connectivity index (χ1) is 7.88. The van der Waals surface area contributed by atoms with Crippen LogP contribution >= 0.6 is 0 Å². The lowest BCUT2D eigenvalue weighted by Gasteiger charge is -2.31. The van der Waals surface area contributed by atoms with Crippen molar-refractivity contribution >= 4 is 0 Å². The number of halogens is 2. The minimum atomic E-state index is -0.608. The molecule has 0 aliphatic rings. The number of benzene rings is 1. The molecule has 1 atom stereocenters. The van der Waals surface area contributed by atoms with Crippen LogP contribution in [0.5, 0.6) is 0 Å². The molecular formula is C13H19F2NO. The Morgan fingerprint density at radius 2 is 1.82 bits per heavy atom. The fourth-order valence-corrected chi connectivity index (χ4v) is 1.67. The van der Waals surface area contributed by atoms with E-state index < -0.39 is 23.3 Å². The van der Waals surface area contributed by atoms with Crippen molar-refractivity contribution in [2.24, 2.45) is 5.73 Å². The second-order valence-electron chi connectivity index (χ2n) is 4.55. The van der Waals surface area contributed by atoms with E-state index in [0.29, 0.717) is 6.61 Å². The van der Waals surface area contributed by atoms with Gasteiger partial charge in [-0.15, -0.1) is 0 Å². The molecule has 1 aromatic rings. The van der Waals surface area contributed by atoms with E-state index in [-0.39, 0.29) is 12.0 Å². The molecule has 0 saturated carbocycles. The van der Waals surface area contributed by atoms with E-state index >= 15 is 0 Å². The molecule has 2 N–H and O–H groups in total. The van der Waals surface area contributed by atoms with Crippen molar-refractivity contribution in [1.29, 1.82) is 0 Å². The van der Waals surface area contributed by atoms with E-state index in [1.54, 1.807) is 0 Å². The van der Waals surface area contributed by atoms with Crippen molar-refractivity contribution in [3.05, 3.63) is 35.4 Å². The van der Waals surface area contributed by atoms with E-state index in [9.17, 15) is 8.78 Å². The quantitative estimate of drug-likeness (QED) is 0.862. The van der Waals surface area contributed by atoms with E-state index in [0.717, 1.165) is 0 Å². The molecule has 0 heterocycles. The molecule has 0 aliphatic carbocycles. The lowest BCUT2D eigenvalue weighted by atomic mass is 9.92. The van der Waals surface area contributed by atoms with Crippen LogP contribution in [-0.2, 0) is 11.2 Å². The van der Waals surface area contributed by atoms with Gasteiger partial charge in [-0.3, -0.25) is 0 Å². The molecule has 1 aromatic carbocycles. The van der Waals surface area contributed by atoms with Crippen molar-refractivity contribution in [2.45, 2.75) is 38.8 Å². The average Bonchev–Trinajstić information content (AvgIpc) is 2.23. The van der Waals surface area contributed by atoms with Crippen molar-refractivity contribution < 1.29 is 13.5 Å². The predicted molar refractivity (Wildman–Crippen MR) is 63.7 cm³/mol. The number of nitrogens with two attached hydrogens (primary N) is 1. The molecule has 0 amide bonds. The van der Waals surface area contributed by atoms with Crippen molar-refractivity contribution in [3.63, 3.8) is 0 Å². The van der Waals surface area contributed by atoms with Gasteiger partial charge < -0.3 is 10.5 Å². The van der Waals surface area contributed by atoms with Gasteiger partial charge in [0.2, 0.25) is 0 Å². The molecule has 4 heteroatoms. The van der Waals surface area contributed by atoms with Crippen LogP contribution in [0.2, 0.25) is 0 Å². The normalized spacial score (nSPS) is 13.8. The first-order valence-electron chi connectivity index (χ1n) is 5.71. The van der Waals surface area contributed by atoms with Crippen LogP contribution < -0.4 is 5.73 Å². The SMILES string of the molecule is CCOC(C)(C)C(N)Cc1c(F)cccc1F. The first kappa shape index (κ1) is 14.1. The highest BCUT2D eigenvalue weighted by Gasteiger charge is 2.28. The molecule has 0 aliphatic heterocycles. The Labute approximate surface area is 101 Å². The highest BCUT2D eigenvalue weighted by atomic mass is 19.1. The smallest absolute Gasteiger partial charge is 0.129 e. The Hall–Kier alpha value is -1.00. The Morgan fingerprint density at radius 3 is 2.29 bits per heavy atom. The number of hydrogen-bond acceptors (Lipinski definition) is 2. The van der Waals surface area contributed by atoms with Gasteiger partial charge in [-0.2, -0.15) is 0 Å². The minimum Gasteiger partial charge on any atom is -0.374 e. The lowest BCUT2D eigenvalue weighted by Crippen LogP contribution is -2.47. The molecule has 0 fully saturated rings. The van der Waals surface area contributed by atoms with Gasteiger partial charge >= 0.3 is 0 Å². The molecule has 96 valence electrons. The fourth-order valence-electron chi connectivity index (χ4n) is 1.67. The Kier molecular flexibility index (Phi) is 4.60. The highest BCUT2D eigenvalue weighted by molar-refractivity contribution is 5.21. The maximum atomic E-state index is 13.4. The first-order valence-corrected chi connectivity index (χ1v) is 5.71. The van der Waals surface area contributed by atoms with Crippen LogP contribution in [-0.4, -0.2) is 18.2 Å². The highest BCUT2D eigenvalue weighted by Crippen LogP contribution is 2.20. The van der Waals surface area contributed by atoms with Crippen molar-refractivity contribution in [1.82, 2.24) is 0 Å². The number of rotatable bonds is 5. The van der Waals surface area contributed by atoms with E-state index in [1.165, 1.54) is 18.2 Å². The molecule has 0 radical (unpaired) electrons. The largest absolute Gasteiger partial charge is 0.374 e. The zero-order valence-electron chi connectivity index (χ0n) is 10.5. The van der Waals surface area contributed by atoms with Crippen LogP contribution in [0.1, 0.15) is 26.3 Å². The van der Waals surface area contributed by atoms with Crippen LogP contribution in [0, 0.1) is 11.6 Å². The van der Waals surface area contributed by atoms with Crippen molar-refractivity contribution in [2.75, 3.05) is 6.61 Å². The van der Waals surface area contributed by atoms with E-state index in [1.807, 2.05) is 20.8 Å². The standard InChI is InChI=1S/C13H19F2NO/c1-4-17-13(2,3)12(16)8-9-10(14)6-5-7-11(9)15/h5-7,12H,4,8,16H2,1-3H3. The van der Waals surface area contributed by atoms with Gasteiger partial charge in [-0.25, -0.2) is 8.78 Å². The Morgan fingerprint density at radius 1 is 1.29 bits per heavy atom. The van der Waals surface area contributed by atoms with E-state index in [4.69, 9.17) is 10.5 Å². The molecule has 0 aromatic heterocycles. The summed E-state index contributed by atoms with van der Waals surface area (Å²) in [6, 6.07) is 3.35. The van der Waals surface area contributed by atoms with Crippen LogP contribution in [0.15, 0.2) is 18.2 Å². The fraction of sp³-hybridized carbons (Fsp3) is 0.538. The van der Waals surface area contributed by atoms with Gasteiger partial charge in [0.05, 0.1) is 5.60 Å². The molecule has 1 unspecified atom stereocenters. The molecule has 0 spiro atoms. The zero-order valence-corrected chi connectivity index (χ0v) is 10.5. The Balaban J connectivity index is 2.84. The maximum Gasteiger partial charge on any atom is 0.129 e. The van der Waals surface area contributed by atoms with Gasteiger partial charge in [-0.05, 0) is 39.3 Å².